The number of nitrogens with zero attached hydrogens (tertiary/aromatic N) is 1. The highest BCUT2D eigenvalue weighted by molar-refractivity contribution is 6.32. The van der Waals surface area contributed by atoms with Gasteiger partial charge in [0.15, 0.2) is 0 Å². The Balaban J connectivity index is 1.51. The number of nitrogens with one attached hydrogen (secondary N) is 2. The van der Waals surface area contributed by atoms with Gasteiger partial charge in [0, 0.05) is 23.2 Å². The summed E-state index contributed by atoms with van der Waals surface area (Å²) in [4.78, 5) is 25.2. The molecule has 4 aromatic carbocycles. The van der Waals surface area contributed by atoms with E-state index in [1.165, 1.54) is 30.5 Å². The van der Waals surface area contributed by atoms with Gasteiger partial charge in [0.25, 0.3) is 11.8 Å². The number of hydrazone groups is 1. The van der Waals surface area contributed by atoms with E-state index < -0.39 is 28.6 Å². The Labute approximate surface area is 224 Å². The highest BCUT2D eigenvalue weighted by Gasteiger charge is 2.33. The topological polar surface area (TPSA) is 90.8 Å². The number of aromatic hydroxyl groups is 1. The molecule has 4 aromatic rings. The Morgan fingerprint density at radius 1 is 0.895 bits per heavy atom. The number of hydrogen-bond acceptors (Lipinski definition) is 4. The summed E-state index contributed by atoms with van der Waals surface area (Å²) in [5.41, 5.74) is 2.76. The molecule has 0 aromatic heterocycles. The van der Waals surface area contributed by atoms with Crippen molar-refractivity contribution in [2.24, 2.45) is 5.10 Å². The molecule has 3 N–H and O–H groups in total. The first kappa shape index (κ1) is 27.0. The van der Waals surface area contributed by atoms with E-state index in [4.69, 9.17) is 23.2 Å². The van der Waals surface area contributed by atoms with Crippen molar-refractivity contribution in [2.45, 2.75) is 12.7 Å². The van der Waals surface area contributed by atoms with Crippen molar-refractivity contribution in [1.29, 1.82) is 0 Å². The molecule has 0 saturated heterocycles. The number of alkyl halides is 3. The molecule has 2 amide bonds. The van der Waals surface area contributed by atoms with Gasteiger partial charge in [-0.15, -0.1) is 0 Å². The van der Waals surface area contributed by atoms with Crippen LogP contribution >= 0.6 is 23.2 Å². The van der Waals surface area contributed by atoms with Crippen LogP contribution in [0.15, 0.2) is 77.9 Å². The molecule has 0 fully saturated rings. The predicted molar refractivity (Wildman–Crippen MR) is 140 cm³/mol. The molecule has 4 rings (SSSR count). The van der Waals surface area contributed by atoms with Crippen LogP contribution < -0.4 is 10.7 Å². The summed E-state index contributed by atoms with van der Waals surface area (Å²) in [6.07, 6.45) is -3.20. The first-order chi connectivity index (χ1) is 18.0. The van der Waals surface area contributed by atoms with E-state index in [-0.39, 0.29) is 28.4 Å². The van der Waals surface area contributed by atoms with Gasteiger partial charge in [0.05, 0.1) is 21.8 Å². The highest BCUT2D eigenvalue weighted by atomic mass is 35.5. The van der Waals surface area contributed by atoms with Crippen LogP contribution in [0.25, 0.3) is 10.8 Å². The summed E-state index contributed by atoms with van der Waals surface area (Å²) < 4.78 is 39.4. The van der Waals surface area contributed by atoms with Crippen LogP contribution in [0.3, 0.4) is 0 Å². The van der Waals surface area contributed by atoms with Gasteiger partial charge < -0.3 is 10.4 Å². The number of phenols is 1. The van der Waals surface area contributed by atoms with Crippen LogP contribution in [0.5, 0.6) is 5.75 Å². The maximum atomic E-state index is 13.1. The second-order valence-corrected chi connectivity index (χ2v) is 8.92. The van der Waals surface area contributed by atoms with E-state index >= 15 is 0 Å². The first-order valence-corrected chi connectivity index (χ1v) is 11.8. The van der Waals surface area contributed by atoms with Crippen LogP contribution in [0.1, 0.15) is 37.4 Å². The molecule has 0 spiro atoms. The van der Waals surface area contributed by atoms with Crippen molar-refractivity contribution in [1.82, 2.24) is 10.7 Å². The average Bonchev–Trinajstić information content (AvgIpc) is 2.88. The number of fused-ring (bicyclic) bond motifs is 1. The molecule has 11 heteroatoms. The number of rotatable bonds is 6. The normalized spacial score (nSPS) is 11.6. The maximum absolute atomic E-state index is 13.1. The Morgan fingerprint density at radius 3 is 2.34 bits per heavy atom. The van der Waals surface area contributed by atoms with Crippen molar-refractivity contribution < 1.29 is 27.9 Å². The van der Waals surface area contributed by atoms with E-state index in [1.54, 1.807) is 36.4 Å². The molecule has 0 heterocycles. The third-order valence-electron chi connectivity index (χ3n) is 5.57. The van der Waals surface area contributed by atoms with Crippen molar-refractivity contribution in [3.8, 4) is 5.75 Å². The molecule has 0 aliphatic carbocycles. The molecule has 0 radical (unpaired) electrons. The summed E-state index contributed by atoms with van der Waals surface area (Å²) >= 11 is 11.5. The van der Waals surface area contributed by atoms with Crippen molar-refractivity contribution >= 4 is 52.0 Å². The largest absolute Gasteiger partial charge is 0.506 e. The number of phenolic OH excluding ortho intramolecular Hbond substituents is 1. The van der Waals surface area contributed by atoms with Crippen molar-refractivity contribution in [3.63, 3.8) is 0 Å². The zero-order chi connectivity index (χ0) is 27.4. The quantitative estimate of drug-likeness (QED) is 0.184. The molecule has 194 valence electrons. The van der Waals surface area contributed by atoms with E-state index in [2.05, 4.69) is 15.8 Å². The third kappa shape index (κ3) is 6.07. The zero-order valence-corrected chi connectivity index (χ0v) is 20.8. The predicted octanol–water partition coefficient (Wildman–Crippen LogP) is 6.56. The van der Waals surface area contributed by atoms with Crippen LogP contribution in [0, 0.1) is 0 Å². The van der Waals surface area contributed by atoms with Gasteiger partial charge in [0.1, 0.15) is 5.75 Å². The Kier molecular flexibility index (Phi) is 7.89. The lowest BCUT2D eigenvalue weighted by atomic mass is 9.99. The second-order valence-electron chi connectivity index (χ2n) is 8.11. The van der Waals surface area contributed by atoms with Gasteiger partial charge in [-0.1, -0.05) is 59.6 Å². The minimum atomic E-state index is -4.61. The molecule has 0 bridgehead atoms. The van der Waals surface area contributed by atoms with Gasteiger partial charge in [-0.25, -0.2) is 5.43 Å². The highest BCUT2D eigenvalue weighted by Crippen LogP contribution is 2.35. The number of benzene rings is 4. The first-order valence-electron chi connectivity index (χ1n) is 11.0. The van der Waals surface area contributed by atoms with E-state index in [0.29, 0.717) is 21.9 Å². The molecular formula is C27H18Cl2F3N3O3. The molecule has 38 heavy (non-hydrogen) atoms. The summed E-state index contributed by atoms with van der Waals surface area (Å²) in [5, 5.41) is 17.0. The standard InChI is InChI=1S/C27H18Cl2F3N3O3/c28-22-9-5-15(11-21(22)27(30,31)32)13-33-26(38)20-8-6-17(18-3-1-2-4-19(18)20)14-34-35-25(37)16-7-10-24(36)23(29)12-16/h1-12,14,36H,13H2,(H,33,38)(H,35,37)/b34-14+. The lowest BCUT2D eigenvalue weighted by Crippen LogP contribution is -2.23. The number of carbonyl (C=O) groups is 2. The Hall–Kier alpha value is -4.08. The molecule has 0 aliphatic heterocycles. The fourth-order valence-electron chi connectivity index (χ4n) is 3.68. The number of amides is 2. The number of carbonyl (C=O) groups excluding carboxylic acids is 2. The fraction of sp³-hybridized carbons (Fsp3) is 0.0741. The molecular weight excluding hydrogens is 542 g/mol. The van der Waals surface area contributed by atoms with Gasteiger partial charge in [-0.3, -0.25) is 9.59 Å². The number of halogens is 5. The lowest BCUT2D eigenvalue weighted by molar-refractivity contribution is -0.137. The van der Waals surface area contributed by atoms with Crippen LogP contribution in [-0.2, 0) is 12.7 Å². The average molecular weight is 560 g/mol. The Morgan fingerprint density at radius 2 is 1.63 bits per heavy atom. The lowest BCUT2D eigenvalue weighted by Gasteiger charge is -2.13. The molecule has 6 nitrogen and oxygen atoms in total. The second kappa shape index (κ2) is 11.1. The summed E-state index contributed by atoms with van der Waals surface area (Å²) in [6, 6.07) is 17.6. The van der Waals surface area contributed by atoms with Gasteiger partial charge >= 0.3 is 6.18 Å². The summed E-state index contributed by atoms with van der Waals surface area (Å²) in [7, 11) is 0. The van der Waals surface area contributed by atoms with E-state index in [1.807, 2.05) is 0 Å². The maximum Gasteiger partial charge on any atom is 0.417 e. The molecule has 0 aliphatic rings. The van der Waals surface area contributed by atoms with Gasteiger partial charge in [-0.05, 0) is 52.7 Å². The van der Waals surface area contributed by atoms with Gasteiger partial charge in [0.2, 0.25) is 0 Å². The van der Waals surface area contributed by atoms with E-state index in [9.17, 15) is 27.9 Å². The van der Waals surface area contributed by atoms with Crippen LogP contribution in [0.2, 0.25) is 10.0 Å². The monoisotopic (exact) mass is 559 g/mol. The minimum Gasteiger partial charge on any atom is -0.506 e. The van der Waals surface area contributed by atoms with Crippen molar-refractivity contribution in [2.75, 3.05) is 0 Å². The van der Waals surface area contributed by atoms with Crippen LogP contribution in [-0.4, -0.2) is 23.1 Å². The fourth-order valence-corrected chi connectivity index (χ4v) is 4.09. The number of hydrogen-bond donors (Lipinski definition) is 3. The summed E-state index contributed by atoms with van der Waals surface area (Å²) in [5.74, 6) is -1.17. The smallest absolute Gasteiger partial charge is 0.417 e. The zero-order valence-electron chi connectivity index (χ0n) is 19.3. The minimum absolute atomic E-state index is 0.0262. The summed E-state index contributed by atoms with van der Waals surface area (Å²) in [6.45, 7) is -0.135. The molecule has 0 saturated carbocycles. The van der Waals surface area contributed by atoms with E-state index in [0.717, 1.165) is 12.1 Å². The molecule has 0 unspecified atom stereocenters. The SMILES string of the molecule is O=C(N/N=C/c1ccc(C(=O)NCc2ccc(Cl)c(C(F)(F)F)c2)c2ccccc12)c1ccc(O)c(Cl)c1. The van der Waals surface area contributed by atoms with Crippen molar-refractivity contribution in [3.05, 3.63) is 111 Å². The van der Waals surface area contributed by atoms with Gasteiger partial charge in [-0.2, -0.15) is 18.3 Å². The van der Waals surface area contributed by atoms with Crippen LogP contribution in [0.4, 0.5) is 13.2 Å². The molecule has 0 atom stereocenters. The Bertz CT molecular complexity index is 1570. The third-order valence-corrected chi connectivity index (χ3v) is 6.20.